The minimum atomic E-state index is 0.138. The molecule has 1 atom stereocenters. The quantitative estimate of drug-likeness (QED) is 0.658. The molecule has 0 aromatic rings. The lowest BCUT2D eigenvalue weighted by molar-refractivity contribution is 0.207. The van der Waals surface area contributed by atoms with Gasteiger partial charge in [-0.1, -0.05) is 27.2 Å². The van der Waals surface area contributed by atoms with E-state index in [-0.39, 0.29) is 11.3 Å². The highest BCUT2D eigenvalue weighted by molar-refractivity contribution is 7.80. The van der Waals surface area contributed by atoms with Crippen molar-refractivity contribution in [2.75, 3.05) is 0 Å². The SMILES string of the molecule is CCC.CCC(C)OC(N)=S. The highest BCUT2D eigenvalue weighted by atomic mass is 32.1. The van der Waals surface area contributed by atoms with Crippen LogP contribution < -0.4 is 5.73 Å². The average molecular weight is 177 g/mol. The fourth-order valence-corrected chi connectivity index (χ4v) is 0.446. The predicted molar refractivity (Wildman–Crippen MR) is 53.6 cm³/mol. The molecular weight excluding hydrogens is 158 g/mol. The van der Waals surface area contributed by atoms with Crippen LogP contribution in [0.4, 0.5) is 0 Å². The highest BCUT2D eigenvalue weighted by Gasteiger charge is 1.97. The molecule has 0 aliphatic heterocycles. The van der Waals surface area contributed by atoms with Gasteiger partial charge < -0.3 is 10.5 Å². The van der Waals surface area contributed by atoms with Gasteiger partial charge in [0.05, 0.1) is 6.10 Å². The number of ether oxygens (including phenoxy) is 1. The minimum absolute atomic E-state index is 0.138. The molecule has 1 unspecified atom stereocenters. The average Bonchev–Trinajstić information content (AvgIpc) is 1.88. The van der Waals surface area contributed by atoms with Crippen LogP contribution in [0.1, 0.15) is 40.5 Å². The summed E-state index contributed by atoms with van der Waals surface area (Å²) in [7, 11) is 0. The molecule has 68 valence electrons. The fraction of sp³-hybridized carbons (Fsp3) is 0.875. The van der Waals surface area contributed by atoms with E-state index in [0.717, 1.165) is 6.42 Å². The van der Waals surface area contributed by atoms with E-state index < -0.39 is 0 Å². The normalized spacial score (nSPS) is 10.9. The standard InChI is InChI=1S/C5H11NOS.C3H8/c1-3-4(2)7-5(6)8;1-3-2/h4H,3H2,1-2H3,(H2,6,8);3H2,1-2H3. The van der Waals surface area contributed by atoms with E-state index in [2.05, 4.69) is 26.1 Å². The van der Waals surface area contributed by atoms with Crippen LogP contribution in [0, 0.1) is 0 Å². The van der Waals surface area contributed by atoms with E-state index >= 15 is 0 Å². The summed E-state index contributed by atoms with van der Waals surface area (Å²) in [6.45, 7) is 8.20. The molecule has 2 nitrogen and oxygen atoms in total. The Kier molecular flexibility index (Phi) is 11.7. The third-order valence-corrected chi connectivity index (χ3v) is 0.988. The van der Waals surface area contributed by atoms with Crippen LogP contribution in [-0.2, 0) is 4.74 Å². The monoisotopic (exact) mass is 177 g/mol. The number of thiocarbonyl (C=S) groups is 1. The minimum Gasteiger partial charge on any atom is -0.468 e. The highest BCUT2D eigenvalue weighted by Crippen LogP contribution is 1.93. The zero-order valence-electron chi connectivity index (χ0n) is 7.89. The second kappa shape index (κ2) is 9.69. The smallest absolute Gasteiger partial charge is 0.254 e. The summed E-state index contributed by atoms with van der Waals surface area (Å²) in [6.07, 6.45) is 2.35. The Balaban J connectivity index is 0. The first kappa shape index (κ1) is 13.3. The van der Waals surface area contributed by atoms with Gasteiger partial charge in [-0.2, -0.15) is 0 Å². The Morgan fingerprint density at radius 2 is 1.82 bits per heavy atom. The summed E-state index contributed by atoms with van der Waals surface area (Å²) in [5.41, 5.74) is 5.08. The summed E-state index contributed by atoms with van der Waals surface area (Å²) in [5, 5.41) is 0.138. The van der Waals surface area contributed by atoms with E-state index in [9.17, 15) is 0 Å². The topological polar surface area (TPSA) is 35.2 Å². The lowest BCUT2D eigenvalue weighted by Crippen LogP contribution is -2.19. The molecule has 0 aromatic carbocycles. The molecule has 0 aliphatic rings. The molecule has 0 spiro atoms. The van der Waals surface area contributed by atoms with Crippen LogP contribution in [0.25, 0.3) is 0 Å². The molecule has 11 heavy (non-hydrogen) atoms. The van der Waals surface area contributed by atoms with Crippen molar-refractivity contribution in [3.63, 3.8) is 0 Å². The first-order valence-electron chi connectivity index (χ1n) is 4.04. The number of hydrogen-bond acceptors (Lipinski definition) is 2. The van der Waals surface area contributed by atoms with Crippen LogP contribution in [0.3, 0.4) is 0 Å². The van der Waals surface area contributed by atoms with Gasteiger partial charge in [0.1, 0.15) is 0 Å². The molecular formula is C8H19NOS. The molecule has 0 rings (SSSR count). The molecule has 0 saturated heterocycles. The van der Waals surface area contributed by atoms with Gasteiger partial charge in [-0.3, -0.25) is 0 Å². The molecule has 0 fully saturated rings. The second-order valence-electron chi connectivity index (χ2n) is 2.36. The largest absolute Gasteiger partial charge is 0.468 e. The molecule has 0 bridgehead atoms. The Morgan fingerprint density at radius 3 is 1.91 bits per heavy atom. The van der Waals surface area contributed by atoms with Gasteiger partial charge in [0, 0.05) is 0 Å². The molecule has 0 saturated carbocycles. The summed E-state index contributed by atoms with van der Waals surface area (Å²) in [6, 6.07) is 0. The first-order chi connectivity index (χ1) is 5.08. The molecule has 0 amide bonds. The van der Waals surface area contributed by atoms with Crippen molar-refractivity contribution in [2.45, 2.75) is 46.6 Å². The Bertz CT molecular complexity index is 96.1. The summed E-state index contributed by atoms with van der Waals surface area (Å²) < 4.78 is 4.91. The lowest BCUT2D eigenvalue weighted by atomic mass is 10.3. The molecule has 0 aliphatic carbocycles. The Labute approximate surface area is 75.1 Å². The van der Waals surface area contributed by atoms with Gasteiger partial charge >= 0.3 is 0 Å². The summed E-state index contributed by atoms with van der Waals surface area (Å²) >= 11 is 4.49. The van der Waals surface area contributed by atoms with Crippen LogP contribution in [-0.4, -0.2) is 11.3 Å². The van der Waals surface area contributed by atoms with Gasteiger partial charge in [-0.25, -0.2) is 0 Å². The van der Waals surface area contributed by atoms with E-state index in [0.29, 0.717) is 0 Å². The van der Waals surface area contributed by atoms with Gasteiger partial charge in [-0.15, -0.1) is 0 Å². The van der Waals surface area contributed by atoms with Crippen LogP contribution in [0.5, 0.6) is 0 Å². The second-order valence-corrected chi connectivity index (χ2v) is 2.77. The van der Waals surface area contributed by atoms with Crippen molar-refractivity contribution in [3.05, 3.63) is 0 Å². The summed E-state index contributed by atoms with van der Waals surface area (Å²) in [5.74, 6) is 0. The zero-order valence-corrected chi connectivity index (χ0v) is 8.70. The van der Waals surface area contributed by atoms with Crippen LogP contribution >= 0.6 is 12.2 Å². The number of rotatable bonds is 2. The van der Waals surface area contributed by atoms with E-state index in [4.69, 9.17) is 10.5 Å². The maximum atomic E-state index is 5.08. The van der Waals surface area contributed by atoms with E-state index in [1.54, 1.807) is 0 Å². The third kappa shape index (κ3) is 17.7. The van der Waals surface area contributed by atoms with Crippen molar-refractivity contribution in [1.82, 2.24) is 0 Å². The molecule has 0 radical (unpaired) electrons. The van der Waals surface area contributed by atoms with Crippen molar-refractivity contribution >= 4 is 17.4 Å². The maximum absolute atomic E-state index is 5.08. The van der Waals surface area contributed by atoms with Crippen LogP contribution in [0.15, 0.2) is 0 Å². The van der Waals surface area contributed by atoms with Crippen molar-refractivity contribution in [1.29, 1.82) is 0 Å². The fourth-order valence-electron chi connectivity index (χ4n) is 0.282. The van der Waals surface area contributed by atoms with Crippen molar-refractivity contribution in [2.24, 2.45) is 5.73 Å². The van der Waals surface area contributed by atoms with Gasteiger partial charge in [0.2, 0.25) is 0 Å². The van der Waals surface area contributed by atoms with Gasteiger partial charge in [0.25, 0.3) is 5.17 Å². The van der Waals surface area contributed by atoms with Gasteiger partial charge in [0.15, 0.2) is 0 Å². The third-order valence-electron chi connectivity index (χ3n) is 0.892. The molecule has 3 heteroatoms. The van der Waals surface area contributed by atoms with Gasteiger partial charge in [-0.05, 0) is 25.6 Å². The number of nitrogens with two attached hydrogens (primary N) is 1. The zero-order chi connectivity index (χ0) is 9.28. The molecule has 0 aromatic heterocycles. The summed E-state index contributed by atoms with van der Waals surface area (Å²) in [4.78, 5) is 0. The van der Waals surface area contributed by atoms with E-state index in [1.165, 1.54) is 6.42 Å². The Morgan fingerprint density at radius 1 is 1.45 bits per heavy atom. The maximum Gasteiger partial charge on any atom is 0.254 e. The van der Waals surface area contributed by atoms with E-state index in [1.807, 2.05) is 13.8 Å². The van der Waals surface area contributed by atoms with Crippen molar-refractivity contribution in [3.8, 4) is 0 Å². The molecule has 0 heterocycles. The number of hydrogen-bond donors (Lipinski definition) is 1. The lowest BCUT2D eigenvalue weighted by Gasteiger charge is -2.08. The Hall–Kier alpha value is -0.310. The molecule has 2 N–H and O–H groups in total. The predicted octanol–water partition coefficient (Wildman–Crippen LogP) is 2.46. The van der Waals surface area contributed by atoms with Crippen LogP contribution in [0.2, 0.25) is 0 Å². The van der Waals surface area contributed by atoms with Crippen molar-refractivity contribution < 1.29 is 4.74 Å². The first-order valence-corrected chi connectivity index (χ1v) is 4.45.